The van der Waals surface area contributed by atoms with Crippen molar-refractivity contribution in [2.45, 2.75) is 25.9 Å². The summed E-state index contributed by atoms with van der Waals surface area (Å²) in [5, 5.41) is 5.75. The van der Waals surface area contributed by atoms with Crippen LogP contribution in [0.5, 0.6) is 0 Å². The number of rotatable bonds is 6. The molecule has 7 heteroatoms. The molecule has 7 nitrogen and oxygen atoms in total. The zero-order valence-corrected chi connectivity index (χ0v) is 14.4. The van der Waals surface area contributed by atoms with Gasteiger partial charge >= 0.3 is 6.03 Å². The molecule has 25 heavy (non-hydrogen) atoms. The molecule has 2 amide bonds. The van der Waals surface area contributed by atoms with E-state index in [0.717, 1.165) is 43.4 Å². The normalized spacial score (nSPS) is 15.6. The molecule has 1 saturated heterocycles. The molecule has 1 aliphatic rings. The standard InChI is InChI=1S/C18H24N4O3/c1-14(11-16-3-2-8-25-16)21-18(23)20-13-15-4-5-17(19-12-15)22-6-9-24-10-7-22/h2-5,8,12,14H,6-7,9-11,13H2,1H3,(H2,20,21,23)/t14-/m0/s1. The van der Waals surface area contributed by atoms with Crippen molar-refractivity contribution in [3.63, 3.8) is 0 Å². The molecule has 0 aliphatic carbocycles. The molecular weight excluding hydrogens is 320 g/mol. The average molecular weight is 344 g/mol. The Morgan fingerprint density at radius 2 is 2.16 bits per heavy atom. The van der Waals surface area contributed by atoms with Gasteiger partial charge in [0.2, 0.25) is 0 Å². The topological polar surface area (TPSA) is 79.6 Å². The van der Waals surface area contributed by atoms with Crippen LogP contribution in [0, 0.1) is 0 Å². The molecule has 3 heterocycles. The van der Waals surface area contributed by atoms with Crippen molar-refractivity contribution in [3.8, 4) is 0 Å². The Kier molecular flexibility index (Phi) is 5.90. The van der Waals surface area contributed by atoms with E-state index in [2.05, 4.69) is 20.5 Å². The number of aromatic nitrogens is 1. The number of furan rings is 1. The Morgan fingerprint density at radius 3 is 2.84 bits per heavy atom. The first-order valence-electron chi connectivity index (χ1n) is 8.55. The largest absolute Gasteiger partial charge is 0.469 e. The van der Waals surface area contributed by atoms with E-state index in [9.17, 15) is 4.79 Å². The number of amides is 2. The molecule has 2 aromatic rings. The monoisotopic (exact) mass is 344 g/mol. The molecule has 0 spiro atoms. The summed E-state index contributed by atoms with van der Waals surface area (Å²) in [7, 11) is 0. The lowest BCUT2D eigenvalue weighted by Gasteiger charge is -2.27. The molecule has 2 aromatic heterocycles. The van der Waals surface area contributed by atoms with Crippen molar-refractivity contribution in [2.24, 2.45) is 0 Å². The number of pyridine rings is 1. The minimum Gasteiger partial charge on any atom is -0.469 e. The fourth-order valence-electron chi connectivity index (χ4n) is 2.74. The van der Waals surface area contributed by atoms with E-state index in [1.54, 1.807) is 12.5 Å². The van der Waals surface area contributed by atoms with Crippen LogP contribution in [0.4, 0.5) is 10.6 Å². The molecule has 2 N–H and O–H groups in total. The van der Waals surface area contributed by atoms with Gasteiger partial charge in [0.25, 0.3) is 0 Å². The van der Waals surface area contributed by atoms with Crippen molar-refractivity contribution < 1.29 is 13.9 Å². The second-order valence-corrected chi connectivity index (χ2v) is 6.14. The van der Waals surface area contributed by atoms with E-state index < -0.39 is 0 Å². The summed E-state index contributed by atoms with van der Waals surface area (Å²) in [6.07, 6.45) is 4.10. The van der Waals surface area contributed by atoms with Gasteiger partial charge in [-0.15, -0.1) is 0 Å². The minimum absolute atomic E-state index is 0.00651. The van der Waals surface area contributed by atoms with Crippen LogP contribution in [0.3, 0.4) is 0 Å². The van der Waals surface area contributed by atoms with Crippen molar-refractivity contribution in [1.82, 2.24) is 15.6 Å². The third-order valence-electron chi connectivity index (χ3n) is 4.06. The van der Waals surface area contributed by atoms with Gasteiger partial charge in [0.1, 0.15) is 11.6 Å². The summed E-state index contributed by atoms with van der Waals surface area (Å²) in [5.41, 5.74) is 0.964. The van der Waals surface area contributed by atoms with Gasteiger partial charge in [0.05, 0.1) is 19.5 Å². The molecule has 1 fully saturated rings. The van der Waals surface area contributed by atoms with E-state index in [1.165, 1.54) is 0 Å². The number of ether oxygens (including phenoxy) is 1. The van der Waals surface area contributed by atoms with Crippen LogP contribution in [0.2, 0.25) is 0 Å². The summed E-state index contributed by atoms with van der Waals surface area (Å²) in [6, 6.07) is 7.52. The highest BCUT2D eigenvalue weighted by molar-refractivity contribution is 5.74. The highest BCUT2D eigenvalue weighted by atomic mass is 16.5. The lowest BCUT2D eigenvalue weighted by atomic mass is 10.2. The fourth-order valence-corrected chi connectivity index (χ4v) is 2.74. The molecule has 0 aromatic carbocycles. The number of nitrogens with zero attached hydrogens (tertiary/aromatic N) is 2. The first-order valence-corrected chi connectivity index (χ1v) is 8.55. The number of nitrogens with one attached hydrogen (secondary N) is 2. The van der Waals surface area contributed by atoms with Gasteiger partial charge in [0.15, 0.2) is 0 Å². The molecule has 3 rings (SSSR count). The summed E-state index contributed by atoms with van der Waals surface area (Å²) < 4.78 is 10.6. The minimum atomic E-state index is -0.198. The predicted octanol–water partition coefficient (Wildman–Crippen LogP) is 1.94. The fraction of sp³-hybridized carbons (Fsp3) is 0.444. The Labute approximate surface area is 147 Å². The third-order valence-corrected chi connectivity index (χ3v) is 4.06. The highest BCUT2D eigenvalue weighted by Crippen LogP contribution is 2.13. The van der Waals surface area contributed by atoms with Crippen LogP contribution in [0.1, 0.15) is 18.2 Å². The predicted molar refractivity (Wildman–Crippen MR) is 94.5 cm³/mol. The van der Waals surface area contributed by atoms with Crippen molar-refractivity contribution in [1.29, 1.82) is 0 Å². The van der Waals surface area contributed by atoms with E-state index >= 15 is 0 Å². The van der Waals surface area contributed by atoms with Crippen LogP contribution in [-0.2, 0) is 17.7 Å². The summed E-state index contributed by atoms with van der Waals surface area (Å²) in [6.45, 7) is 5.58. The zero-order chi connectivity index (χ0) is 17.5. The van der Waals surface area contributed by atoms with Gasteiger partial charge in [0, 0.05) is 38.3 Å². The Morgan fingerprint density at radius 1 is 1.32 bits per heavy atom. The molecule has 1 aliphatic heterocycles. The highest BCUT2D eigenvalue weighted by Gasteiger charge is 2.12. The maximum absolute atomic E-state index is 12.0. The first kappa shape index (κ1) is 17.3. The maximum atomic E-state index is 12.0. The van der Waals surface area contributed by atoms with E-state index in [-0.39, 0.29) is 12.1 Å². The molecule has 0 unspecified atom stereocenters. The average Bonchev–Trinajstić information content (AvgIpc) is 3.14. The van der Waals surface area contributed by atoms with Gasteiger partial charge in [-0.2, -0.15) is 0 Å². The lowest BCUT2D eigenvalue weighted by Crippen LogP contribution is -2.41. The lowest BCUT2D eigenvalue weighted by molar-refractivity contribution is 0.122. The number of carbonyl (C=O) groups excluding carboxylic acids is 1. The number of morpholine rings is 1. The SMILES string of the molecule is C[C@@H](Cc1ccco1)NC(=O)NCc1ccc(N2CCOCC2)nc1. The second kappa shape index (κ2) is 8.53. The van der Waals surface area contributed by atoms with Crippen LogP contribution in [-0.4, -0.2) is 43.4 Å². The van der Waals surface area contributed by atoms with Crippen LogP contribution in [0.15, 0.2) is 41.1 Å². The van der Waals surface area contributed by atoms with Crippen molar-refractivity contribution in [3.05, 3.63) is 48.0 Å². The number of urea groups is 1. The number of hydrogen-bond donors (Lipinski definition) is 2. The maximum Gasteiger partial charge on any atom is 0.315 e. The summed E-state index contributed by atoms with van der Waals surface area (Å²) >= 11 is 0. The van der Waals surface area contributed by atoms with E-state index in [4.69, 9.17) is 9.15 Å². The molecule has 0 radical (unpaired) electrons. The molecule has 134 valence electrons. The Balaban J connectivity index is 1.42. The van der Waals surface area contributed by atoms with E-state index in [0.29, 0.717) is 13.0 Å². The smallest absolute Gasteiger partial charge is 0.315 e. The van der Waals surface area contributed by atoms with Crippen molar-refractivity contribution in [2.75, 3.05) is 31.2 Å². The van der Waals surface area contributed by atoms with Gasteiger partial charge < -0.3 is 24.7 Å². The third kappa shape index (κ3) is 5.22. The van der Waals surface area contributed by atoms with Crippen LogP contribution >= 0.6 is 0 Å². The van der Waals surface area contributed by atoms with Gasteiger partial charge in [-0.1, -0.05) is 6.07 Å². The summed E-state index contributed by atoms with van der Waals surface area (Å²) in [5.74, 6) is 1.80. The van der Waals surface area contributed by atoms with Gasteiger partial charge in [-0.25, -0.2) is 9.78 Å². The number of carbonyl (C=O) groups is 1. The van der Waals surface area contributed by atoms with Crippen molar-refractivity contribution >= 4 is 11.8 Å². The van der Waals surface area contributed by atoms with Crippen LogP contribution in [0.25, 0.3) is 0 Å². The first-order chi connectivity index (χ1) is 12.2. The quantitative estimate of drug-likeness (QED) is 0.837. The molecule has 0 bridgehead atoms. The second-order valence-electron chi connectivity index (χ2n) is 6.14. The molecule has 0 saturated carbocycles. The van der Waals surface area contributed by atoms with Crippen LogP contribution < -0.4 is 15.5 Å². The molecular formula is C18H24N4O3. The van der Waals surface area contributed by atoms with E-state index in [1.807, 2.05) is 31.2 Å². The molecule has 1 atom stereocenters. The number of anilines is 1. The zero-order valence-electron chi connectivity index (χ0n) is 14.4. The van der Waals surface area contributed by atoms with Gasteiger partial charge in [-0.05, 0) is 30.7 Å². The number of hydrogen-bond acceptors (Lipinski definition) is 5. The Hall–Kier alpha value is -2.54. The summed E-state index contributed by atoms with van der Waals surface area (Å²) in [4.78, 5) is 18.6. The van der Waals surface area contributed by atoms with Gasteiger partial charge in [-0.3, -0.25) is 0 Å². The Bertz CT molecular complexity index is 651.